The smallest absolute Gasteiger partial charge is 0.0596 e. The van der Waals surface area contributed by atoms with Crippen molar-refractivity contribution in [3.05, 3.63) is 29.6 Å². The summed E-state index contributed by atoms with van der Waals surface area (Å²) in [6.45, 7) is 0.376. The maximum atomic E-state index is 5.66. The maximum Gasteiger partial charge on any atom is 0.0596 e. The highest BCUT2D eigenvalue weighted by molar-refractivity contribution is 5.32. The molecule has 0 radical (unpaired) electrons. The summed E-state index contributed by atoms with van der Waals surface area (Å²) in [4.78, 5) is 4.06. The van der Waals surface area contributed by atoms with Crippen molar-refractivity contribution in [2.45, 2.75) is 6.04 Å². The molecule has 0 fully saturated rings. The van der Waals surface area contributed by atoms with E-state index < -0.39 is 0 Å². The van der Waals surface area contributed by atoms with Gasteiger partial charge in [-0.2, -0.15) is 0 Å². The Morgan fingerprint density at radius 2 is 2.42 bits per heavy atom. The summed E-state index contributed by atoms with van der Waals surface area (Å²) in [5.74, 6) is 2.51. The van der Waals surface area contributed by atoms with E-state index in [9.17, 15) is 0 Å². The predicted octanol–water partition coefficient (Wildman–Crippen LogP) is 0.0214. The van der Waals surface area contributed by atoms with Gasteiger partial charge in [-0.05, 0) is 12.1 Å². The fourth-order valence-electron chi connectivity index (χ4n) is 0.862. The Labute approximate surface area is 71.8 Å². The van der Waals surface area contributed by atoms with Gasteiger partial charge in [0.25, 0.3) is 0 Å². The van der Waals surface area contributed by atoms with E-state index in [-0.39, 0.29) is 6.04 Å². The van der Waals surface area contributed by atoms with Gasteiger partial charge in [-0.15, -0.1) is 6.42 Å². The van der Waals surface area contributed by atoms with Crippen LogP contribution in [-0.2, 0) is 0 Å². The number of pyridine rings is 1. The van der Waals surface area contributed by atoms with Crippen molar-refractivity contribution in [3.63, 3.8) is 0 Å². The molecule has 0 spiro atoms. The van der Waals surface area contributed by atoms with Gasteiger partial charge in [0.05, 0.1) is 11.7 Å². The van der Waals surface area contributed by atoms with Crippen LogP contribution in [0.4, 0.5) is 0 Å². The first-order valence-corrected chi connectivity index (χ1v) is 3.66. The number of nitrogens with two attached hydrogens (primary N) is 2. The first-order chi connectivity index (χ1) is 5.77. The predicted molar refractivity (Wildman–Crippen MR) is 48.2 cm³/mol. The molecule has 4 N–H and O–H groups in total. The van der Waals surface area contributed by atoms with Crippen LogP contribution in [0.25, 0.3) is 0 Å². The Balaban J connectivity index is 2.95. The van der Waals surface area contributed by atoms with Gasteiger partial charge in [-0.3, -0.25) is 4.98 Å². The molecule has 0 saturated heterocycles. The number of aromatic nitrogens is 1. The van der Waals surface area contributed by atoms with Crippen LogP contribution in [0.5, 0.6) is 0 Å². The molecule has 0 aliphatic carbocycles. The van der Waals surface area contributed by atoms with Crippen molar-refractivity contribution in [3.8, 4) is 12.3 Å². The molecular formula is C9H11N3. The highest BCUT2D eigenvalue weighted by atomic mass is 14.8. The SMILES string of the molecule is C#Cc1ccnc(C(N)CN)c1. The lowest BCUT2D eigenvalue weighted by molar-refractivity contribution is 0.711. The molecule has 1 aromatic rings. The van der Waals surface area contributed by atoms with Gasteiger partial charge in [-0.25, -0.2) is 0 Å². The van der Waals surface area contributed by atoms with Crippen LogP contribution in [0, 0.1) is 12.3 Å². The molecule has 1 rings (SSSR count). The second kappa shape index (κ2) is 3.86. The van der Waals surface area contributed by atoms with Crippen LogP contribution in [0.3, 0.4) is 0 Å². The monoisotopic (exact) mass is 161 g/mol. The van der Waals surface area contributed by atoms with Crippen LogP contribution in [0.2, 0.25) is 0 Å². The third-order valence-electron chi connectivity index (χ3n) is 1.58. The van der Waals surface area contributed by atoms with Crippen molar-refractivity contribution in [2.75, 3.05) is 6.54 Å². The van der Waals surface area contributed by atoms with Crippen molar-refractivity contribution in [1.82, 2.24) is 4.98 Å². The Hall–Kier alpha value is -1.37. The van der Waals surface area contributed by atoms with Gasteiger partial charge in [-0.1, -0.05) is 5.92 Å². The molecule has 0 aromatic carbocycles. The molecule has 0 bridgehead atoms. The molecule has 0 aliphatic rings. The van der Waals surface area contributed by atoms with E-state index >= 15 is 0 Å². The van der Waals surface area contributed by atoms with Gasteiger partial charge in [0, 0.05) is 18.3 Å². The zero-order valence-electron chi connectivity index (χ0n) is 6.70. The number of rotatable bonds is 2. The van der Waals surface area contributed by atoms with E-state index in [1.54, 1.807) is 18.3 Å². The molecule has 1 heterocycles. The van der Waals surface area contributed by atoms with E-state index in [0.717, 1.165) is 11.3 Å². The maximum absolute atomic E-state index is 5.66. The number of hydrogen-bond donors (Lipinski definition) is 2. The fourth-order valence-corrected chi connectivity index (χ4v) is 0.862. The molecule has 1 aromatic heterocycles. The summed E-state index contributed by atoms with van der Waals surface area (Å²) in [5.41, 5.74) is 12.6. The number of hydrogen-bond acceptors (Lipinski definition) is 3. The van der Waals surface area contributed by atoms with Crippen molar-refractivity contribution in [1.29, 1.82) is 0 Å². The largest absolute Gasteiger partial charge is 0.329 e. The Bertz CT molecular complexity index is 301. The molecule has 12 heavy (non-hydrogen) atoms. The normalized spacial score (nSPS) is 12.1. The zero-order valence-corrected chi connectivity index (χ0v) is 6.70. The summed E-state index contributed by atoms with van der Waals surface area (Å²) >= 11 is 0. The quantitative estimate of drug-likeness (QED) is 0.601. The second-order valence-electron chi connectivity index (χ2n) is 2.46. The van der Waals surface area contributed by atoms with Gasteiger partial charge in [0.15, 0.2) is 0 Å². The summed E-state index contributed by atoms with van der Waals surface area (Å²) in [6.07, 6.45) is 6.85. The molecule has 0 aliphatic heterocycles. The molecule has 0 amide bonds. The van der Waals surface area contributed by atoms with Crippen LogP contribution in [0.1, 0.15) is 17.3 Å². The lowest BCUT2D eigenvalue weighted by atomic mass is 10.1. The standard InChI is InChI=1S/C9H11N3/c1-2-7-3-4-12-9(5-7)8(11)6-10/h1,3-5,8H,6,10-11H2. The van der Waals surface area contributed by atoms with Crippen LogP contribution in [0.15, 0.2) is 18.3 Å². The average molecular weight is 161 g/mol. The van der Waals surface area contributed by atoms with Gasteiger partial charge in [0.2, 0.25) is 0 Å². The molecule has 3 heteroatoms. The minimum Gasteiger partial charge on any atom is -0.329 e. The summed E-state index contributed by atoms with van der Waals surface area (Å²) in [7, 11) is 0. The van der Waals surface area contributed by atoms with E-state index in [0.29, 0.717) is 6.54 Å². The molecule has 0 saturated carbocycles. The summed E-state index contributed by atoms with van der Waals surface area (Å²) < 4.78 is 0. The van der Waals surface area contributed by atoms with E-state index in [2.05, 4.69) is 10.9 Å². The minimum absolute atomic E-state index is 0.224. The van der Waals surface area contributed by atoms with Crippen molar-refractivity contribution < 1.29 is 0 Å². The summed E-state index contributed by atoms with van der Waals surface area (Å²) in [5, 5.41) is 0. The van der Waals surface area contributed by atoms with E-state index in [1.807, 2.05) is 0 Å². The van der Waals surface area contributed by atoms with Gasteiger partial charge >= 0.3 is 0 Å². The third-order valence-corrected chi connectivity index (χ3v) is 1.58. The van der Waals surface area contributed by atoms with Crippen molar-refractivity contribution >= 4 is 0 Å². The van der Waals surface area contributed by atoms with E-state index in [1.165, 1.54) is 0 Å². The topological polar surface area (TPSA) is 64.9 Å². The second-order valence-corrected chi connectivity index (χ2v) is 2.46. The van der Waals surface area contributed by atoms with E-state index in [4.69, 9.17) is 17.9 Å². The lowest BCUT2D eigenvalue weighted by Crippen LogP contribution is -2.21. The zero-order chi connectivity index (χ0) is 8.97. The summed E-state index contributed by atoms with van der Waals surface area (Å²) in [6, 6.07) is 3.31. The molecule has 3 nitrogen and oxygen atoms in total. The molecule has 1 unspecified atom stereocenters. The Morgan fingerprint density at radius 3 is 3.00 bits per heavy atom. The Kier molecular flexibility index (Phi) is 2.81. The highest BCUT2D eigenvalue weighted by Gasteiger charge is 2.04. The molecule has 62 valence electrons. The third kappa shape index (κ3) is 1.82. The molecular weight excluding hydrogens is 150 g/mol. The number of nitrogens with zero attached hydrogens (tertiary/aromatic N) is 1. The first-order valence-electron chi connectivity index (χ1n) is 3.66. The van der Waals surface area contributed by atoms with Crippen LogP contribution < -0.4 is 11.5 Å². The lowest BCUT2D eigenvalue weighted by Gasteiger charge is -2.07. The highest BCUT2D eigenvalue weighted by Crippen LogP contribution is 2.06. The van der Waals surface area contributed by atoms with Crippen LogP contribution >= 0.6 is 0 Å². The van der Waals surface area contributed by atoms with Gasteiger partial charge in [0.1, 0.15) is 0 Å². The Morgan fingerprint density at radius 1 is 1.67 bits per heavy atom. The van der Waals surface area contributed by atoms with Crippen molar-refractivity contribution in [2.24, 2.45) is 11.5 Å². The molecule has 1 atom stereocenters. The van der Waals surface area contributed by atoms with Gasteiger partial charge < -0.3 is 11.5 Å². The average Bonchev–Trinajstić information content (AvgIpc) is 2.17. The van der Waals surface area contributed by atoms with Crippen LogP contribution in [-0.4, -0.2) is 11.5 Å². The first kappa shape index (κ1) is 8.72. The fraction of sp³-hybridized carbons (Fsp3) is 0.222. The minimum atomic E-state index is -0.224. The number of terminal acetylenes is 1.